The van der Waals surface area contributed by atoms with Crippen LogP contribution in [-0.4, -0.2) is 23.0 Å². The fourth-order valence-corrected chi connectivity index (χ4v) is 4.11. The maximum Gasteiger partial charge on any atom is 0.339 e. The van der Waals surface area contributed by atoms with E-state index in [0.717, 1.165) is 21.3 Å². The number of carbonyl (C=O) groups is 1. The third-order valence-electron chi connectivity index (χ3n) is 4.31. The van der Waals surface area contributed by atoms with Crippen molar-refractivity contribution in [3.63, 3.8) is 0 Å². The first-order chi connectivity index (χ1) is 13.2. The minimum absolute atomic E-state index is 0.395. The summed E-state index contributed by atoms with van der Waals surface area (Å²) in [4.78, 5) is 23.1. The number of rotatable bonds is 4. The Kier molecular flexibility index (Phi) is 4.56. The van der Waals surface area contributed by atoms with Gasteiger partial charge >= 0.3 is 5.97 Å². The molecule has 0 aliphatic rings. The van der Waals surface area contributed by atoms with Crippen molar-refractivity contribution in [2.75, 3.05) is 12.4 Å². The summed E-state index contributed by atoms with van der Waals surface area (Å²) in [6.45, 7) is 2.08. The Morgan fingerprint density at radius 1 is 1.04 bits per heavy atom. The smallest absolute Gasteiger partial charge is 0.339 e. The SMILES string of the molecule is COC(=O)c1ccccc1Nc1ncnc2sc(C)c(-c3ccccc3)c12. The van der Waals surface area contributed by atoms with E-state index in [1.54, 1.807) is 23.5 Å². The molecule has 0 aliphatic carbocycles. The first kappa shape index (κ1) is 17.2. The summed E-state index contributed by atoms with van der Waals surface area (Å²) < 4.78 is 4.89. The van der Waals surface area contributed by atoms with Gasteiger partial charge in [-0.3, -0.25) is 0 Å². The van der Waals surface area contributed by atoms with Gasteiger partial charge in [0.2, 0.25) is 0 Å². The van der Waals surface area contributed by atoms with Crippen LogP contribution in [0.3, 0.4) is 0 Å². The molecule has 0 spiro atoms. The highest BCUT2D eigenvalue weighted by molar-refractivity contribution is 7.19. The molecule has 4 aromatic rings. The van der Waals surface area contributed by atoms with E-state index in [0.29, 0.717) is 17.1 Å². The Labute approximate surface area is 160 Å². The minimum atomic E-state index is -0.395. The van der Waals surface area contributed by atoms with Crippen molar-refractivity contribution in [1.82, 2.24) is 9.97 Å². The zero-order valence-electron chi connectivity index (χ0n) is 14.9. The molecular formula is C21H17N3O2S. The predicted molar refractivity (Wildman–Crippen MR) is 109 cm³/mol. The van der Waals surface area contributed by atoms with E-state index in [-0.39, 0.29) is 0 Å². The summed E-state index contributed by atoms with van der Waals surface area (Å²) in [5, 5.41) is 4.26. The number of methoxy groups -OCH3 is 1. The lowest BCUT2D eigenvalue weighted by Gasteiger charge is -2.12. The van der Waals surface area contributed by atoms with Crippen LogP contribution in [0.4, 0.5) is 11.5 Å². The summed E-state index contributed by atoms with van der Waals surface area (Å²) in [7, 11) is 1.37. The van der Waals surface area contributed by atoms with E-state index in [4.69, 9.17) is 4.74 Å². The molecule has 27 heavy (non-hydrogen) atoms. The number of aromatic nitrogens is 2. The van der Waals surface area contributed by atoms with E-state index >= 15 is 0 Å². The number of hydrogen-bond acceptors (Lipinski definition) is 6. The molecule has 2 aromatic carbocycles. The average Bonchev–Trinajstić information content (AvgIpc) is 3.05. The highest BCUT2D eigenvalue weighted by Gasteiger charge is 2.18. The standard InChI is InChI=1S/C21H17N3O2S/c1-13-17(14-8-4-3-5-9-14)18-19(22-12-23-20(18)27-13)24-16-11-7-6-10-15(16)21(25)26-2/h3-12H,1-2H3,(H,22,23,24). The molecule has 2 heterocycles. The third kappa shape index (κ3) is 3.15. The van der Waals surface area contributed by atoms with E-state index in [9.17, 15) is 4.79 Å². The second kappa shape index (κ2) is 7.17. The van der Waals surface area contributed by atoms with Gasteiger partial charge in [0.05, 0.1) is 23.7 Å². The van der Waals surface area contributed by atoms with Crippen LogP contribution in [0.15, 0.2) is 60.9 Å². The van der Waals surface area contributed by atoms with Crippen LogP contribution < -0.4 is 5.32 Å². The molecule has 5 nitrogen and oxygen atoms in total. The van der Waals surface area contributed by atoms with Gasteiger partial charge in [-0.25, -0.2) is 14.8 Å². The van der Waals surface area contributed by atoms with Crippen molar-refractivity contribution in [3.05, 3.63) is 71.4 Å². The number of nitrogens with zero attached hydrogens (tertiary/aromatic N) is 2. The van der Waals surface area contributed by atoms with Crippen LogP contribution in [0.5, 0.6) is 0 Å². The molecule has 0 unspecified atom stereocenters. The number of esters is 1. The van der Waals surface area contributed by atoms with Crippen molar-refractivity contribution in [1.29, 1.82) is 0 Å². The van der Waals surface area contributed by atoms with Gasteiger partial charge in [0, 0.05) is 10.4 Å². The van der Waals surface area contributed by atoms with Crippen LogP contribution in [0.25, 0.3) is 21.3 Å². The molecule has 0 aliphatic heterocycles. The summed E-state index contributed by atoms with van der Waals surface area (Å²) in [5.41, 5.74) is 3.32. The Balaban J connectivity index is 1.88. The molecule has 0 amide bonds. The van der Waals surface area contributed by atoms with Crippen molar-refractivity contribution in [3.8, 4) is 11.1 Å². The van der Waals surface area contributed by atoms with E-state index < -0.39 is 5.97 Å². The lowest BCUT2D eigenvalue weighted by Crippen LogP contribution is -2.06. The van der Waals surface area contributed by atoms with Crippen molar-refractivity contribution in [2.45, 2.75) is 6.92 Å². The maximum atomic E-state index is 12.1. The molecule has 6 heteroatoms. The van der Waals surface area contributed by atoms with Crippen molar-refractivity contribution >= 4 is 39.0 Å². The topological polar surface area (TPSA) is 64.1 Å². The van der Waals surface area contributed by atoms with Crippen LogP contribution in [-0.2, 0) is 4.74 Å². The molecule has 0 saturated carbocycles. The molecule has 0 bridgehead atoms. The second-order valence-corrected chi connectivity index (χ2v) is 7.17. The van der Waals surface area contributed by atoms with Crippen molar-refractivity contribution in [2.24, 2.45) is 0 Å². The molecule has 0 radical (unpaired) electrons. The zero-order chi connectivity index (χ0) is 18.8. The monoisotopic (exact) mass is 375 g/mol. The van der Waals surface area contributed by atoms with Gasteiger partial charge in [0.25, 0.3) is 0 Å². The van der Waals surface area contributed by atoms with E-state index in [1.165, 1.54) is 18.3 Å². The first-order valence-corrected chi connectivity index (χ1v) is 9.24. The zero-order valence-corrected chi connectivity index (χ0v) is 15.7. The van der Waals surface area contributed by atoms with Crippen LogP contribution in [0.2, 0.25) is 0 Å². The molecule has 0 saturated heterocycles. The van der Waals surface area contributed by atoms with Crippen LogP contribution in [0, 0.1) is 6.92 Å². The molecule has 1 N–H and O–H groups in total. The number of hydrogen-bond donors (Lipinski definition) is 1. The number of fused-ring (bicyclic) bond motifs is 1. The molecule has 0 atom stereocenters. The fraction of sp³-hybridized carbons (Fsp3) is 0.0952. The molecule has 2 aromatic heterocycles. The third-order valence-corrected chi connectivity index (χ3v) is 5.33. The molecule has 4 rings (SSSR count). The van der Waals surface area contributed by atoms with Crippen LogP contribution in [0.1, 0.15) is 15.2 Å². The largest absolute Gasteiger partial charge is 0.465 e. The quantitative estimate of drug-likeness (QED) is 0.497. The normalized spacial score (nSPS) is 10.7. The van der Waals surface area contributed by atoms with Gasteiger partial charge in [-0.15, -0.1) is 11.3 Å². The number of carbonyl (C=O) groups excluding carboxylic acids is 1. The number of thiophene rings is 1. The number of nitrogens with one attached hydrogen (secondary N) is 1. The Hall–Kier alpha value is -3.25. The summed E-state index contributed by atoms with van der Waals surface area (Å²) in [5.74, 6) is 0.271. The second-order valence-electron chi connectivity index (χ2n) is 5.96. The number of ether oxygens (including phenoxy) is 1. The number of anilines is 2. The molecular weight excluding hydrogens is 358 g/mol. The minimum Gasteiger partial charge on any atom is -0.465 e. The van der Waals surface area contributed by atoms with Gasteiger partial charge in [-0.2, -0.15) is 0 Å². The van der Waals surface area contributed by atoms with Crippen molar-refractivity contribution < 1.29 is 9.53 Å². The van der Waals surface area contributed by atoms with E-state index in [2.05, 4.69) is 34.3 Å². The van der Waals surface area contributed by atoms with Gasteiger partial charge < -0.3 is 10.1 Å². The Morgan fingerprint density at radius 3 is 2.56 bits per heavy atom. The lowest BCUT2D eigenvalue weighted by molar-refractivity contribution is 0.0602. The Morgan fingerprint density at radius 2 is 1.78 bits per heavy atom. The predicted octanol–water partition coefficient (Wildman–Crippen LogP) is 5.20. The van der Waals surface area contributed by atoms with E-state index in [1.807, 2.05) is 30.3 Å². The average molecular weight is 375 g/mol. The van der Waals surface area contributed by atoms with Gasteiger partial charge in [0.1, 0.15) is 17.0 Å². The number of benzene rings is 2. The lowest BCUT2D eigenvalue weighted by atomic mass is 10.0. The fourth-order valence-electron chi connectivity index (χ4n) is 3.10. The maximum absolute atomic E-state index is 12.1. The first-order valence-electron chi connectivity index (χ1n) is 8.43. The molecule has 134 valence electrons. The van der Waals surface area contributed by atoms with Crippen LogP contribution >= 0.6 is 11.3 Å². The Bertz CT molecular complexity index is 1120. The van der Waals surface area contributed by atoms with Gasteiger partial charge in [0.15, 0.2) is 0 Å². The molecule has 0 fully saturated rings. The highest BCUT2D eigenvalue weighted by Crippen LogP contribution is 2.41. The van der Waals surface area contributed by atoms with Gasteiger partial charge in [-0.05, 0) is 24.6 Å². The number of para-hydroxylation sites is 1. The summed E-state index contributed by atoms with van der Waals surface area (Å²) in [6.07, 6.45) is 1.54. The van der Waals surface area contributed by atoms with Gasteiger partial charge in [-0.1, -0.05) is 42.5 Å². The number of aryl methyl sites for hydroxylation is 1. The highest BCUT2D eigenvalue weighted by atomic mass is 32.1. The summed E-state index contributed by atoms with van der Waals surface area (Å²) >= 11 is 1.63. The summed E-state index contributed by atoms with van der Waals surface area (Å²) in [6, 6.07) is 17.4.